The van der Waals surface area contributed by atoms with Crippen molar-refractivity contribution in [3.05, 3.63) is 82.9 Å². The SMILES string of the molecule is O=C1NC(c2ccccc2)Nc2c1sc1nc(C3CC3)cc(-c3ccccc3)c21. The van der Waals surface area contributed by atoms with Crippen LogP contribution in [0.25, 0.3) is 21.3 Å². The molecule has 5 heteroatoms. The first-order valence-electron chi connectivity index (χ1n) is 9.93. The van der Waals surface area contributed by atoms with Crippen LogP contribution in [0, 0.1) is 0 Å². The molecule has 0 saturated heterocycles. The van der Waals surface area contributed by atoms with Gasteiger partial charge in [0.25, 0.3) is 5.91 Å². The van der Waals surface area contributed by atoms with E-state index in [-0.39, 0.29) is 12.1 Å². The molecule has 1 saturated carbocycles. The minimum atomic E-state index is -0.249. The highest BCUT2D eigenvalue weighted by Crippen LogP contribution is 2.47. The number of fused-ring (bicyclic) bond motifs is 3. The number of aromatic nitrogens is 1. The molecule has 4 aromatic rings. The van der Waals surface area contributed by atoms with E-state index in [1.54, 1.807) is 0 Å². The number of anilines is 1. The monoisotopic (exact) mass is 397 g/mol. The first kappa shape index (κ1) is 16.7. The van der Waals surface area contributed by atoms with Crippen molar-refractivity contribution in [1.29, 1.82) is 0 Å². The lowest BCUT2D eigenvalue weighted by atomic mass is 9.99. The maximum atomic E-state index is 12.9. The smallest absolute Gasteiger partial charge is 0.265 e. The number of pyridine rings is 1. The van der Waals surface area contributed by atoms with E-state index in [1.165, 1.54) is 24.2 Å². The number of hydrogen-bond donors (Lipinski definition) is 2. The number of thiophene rings is 1. The molecule has 2 aliphatic rings. The average molecular weight is 398 g/mol. The van der Waals surface area contributed by atoms with E-state index < -0.39 is 0 Å². The third-order valence-electron chi connectivity index (χ3n) is 5.67. The van der Waals surface area contributed by atoms with Gasteiger partial charge in [0.1, 0.15) is 15.9 Å². The van der Waals surface area contributed by atoms with Gasteiger partial charge in [0.15, 0.2) is 0 Å². The summed E-state index contributed by atoms with van der Waals surface area (Å²) in [7, 11) is 0. The van der Waals surface area contributed by atoms with Crippen LogP contribution in [0.2, 0.25) is 0 Å². The van der Waals surface area contributed by atoms with Gasteiger partial charge < -0.3 is 10.6 Å². The molecule has 2 aromatic heterocycles. The largest absolute Gasteiger partial charge is 0.360 e. The molecule has 29 heavy (non-hydrogen) atoms. The Hall–Kier alpha value is -3.18. The molecule has 0 radical (unpaired) electrons. The van der Waals surface area contributed by atoms with Crippen molar-refractivity contribution in [1.82, 2.24) is 10.3 Å². The molecule has 142 valence electrons. The van der Waals surface area contributed by atoms with Crippen LogP contribution in [0.3, 0.4) is 0 Å². The molecule has 1 atom stereocenters. The molecule has 0 bridgehead atoms. The highest BCUT2D eigenvalue weighted by molar-refractivity contribution is 7.21. The highest BCUT2D eigenvalue weighted by atomic mass is 32.1. The zero-order chi connectivity index (χ0) is 19.4. The second kappa shape index (κ2) is 6.42. The summed E-state index contributed by atoms with van der Waals surface area (Å²) in [6.45, 7) is 0. The predicted molar refractivity (Wildman–Crippen MR) is 117 cm³/mol. The van der Waals surface area contributed by atoms with Gasteiger partial charge in [0.2, 0.25) is 0 Å². The van der Waals surface area contributed by atoms with Gasteiger partial charge in [-0.25, -0.2) is 4.98 Å². The van der Waals surface area contributed by atoms with Gasteiger partial charge in [-0.1, -0.05) is 60.7 Å². The fourth-order valence-electron chi connectivity index (χ4n) is 4.04. The first-order chi connectivity index (χ1) is 14.3. The van der Waals surface area contributed by atoms with E-state index in [4.69, 9.17) is 4.98 Å². The number of carbonyl (C=O) groups excluding carboxylic acids is 1. The number of rotatable bonds is 3. The molecule has 1 unspecified atom stereocenters. The minimum Gasteiger partial charge on any atom is -0.360 e. The van der Waals surface area contributed by atoms with Crippen molar-refractivity contribution >= 4 is 33.1 Å². The molecule has 3 heterocycles. The molecular formula is C24H19N3OS. The molecule has 2 N–H and O–H groups in total. The van der Waals surface area contributed by atoms with E-state index in [9.17, 15) is 4.79 Å². The number of amides is 1. The summed E-state index contributed by atoms with van der Waals surface area (Å²) in [6.07, 6.45) is 2.15. The molecule has 1 fully saturated rings. The van der Waals surface area contributed by atoms with E-state index in [1.807, 2.05) is 36.4 Å². The van der Waals surface area contributed by atoms with Crippen molar-refractivity contribution < 1.29 is 4.79 Å². The molecular weight excluding hydrogens is 378 g/mol. The zero-order valence-electron chi connectivity index (χ0n) is 15.7. The van der Waals surface area contributed by atoms with E-state index in [0.717, 1.165) is 38.3 Å². The Bertz CT molecular complexity index is 1230. The number of hydrogen-bond acceptors (Lipinski definition) is 4. The van der Waals surface area contributed by atoms with Gasteiger partial charge >= 0.3 is 0 Å². The zero-order valence-corrected chi connectivity index (χ0v) is 16.5. The van der Waals surface area contributed by atoms with Crippen LogP contribution >= 0.6 is 11.3 Å². The lowest BCUT2D eigenvalue weighted by molar-refractivity contribution is 0.0940. The summed E-state index contributed by atoms with van der Waals surface area (Å²) in [5.74, 6) is 0.516. The van der Waals surface area contributed by atoms with Crippen molar-refractivity contribution in [2.45, 2.75) is 24.9 Å². The van der Waals surface area contributed by atoms with Crippen molar-refractivity contribution in [2.75, 3.05) is 5.32 Å². The second-order valence-electron chi connectivity index (χ2n) is 7.68. The molecule has 4 nitrogen and oxygen atoms in total. The predicted octanol–water partition coefficient (Wildman–Crippen LogP) is 5.69. The second-order valence-corrected chi connectivity index (χ2v) is 8.68. The summed E-state index contributed by atoms with van der Waals surface area (Å²) in [5, 5.41) is 7.72. The Labute approximate surface area is 172 Å². The molecule has 6 rings (SSSR count). The van der Waals surface area contributed by atoms with Gasteiger partial charge in [-0.15, -0.1) is 11.3 Å². The maximum absolute atomic E-state index is 12.9. The van der Waals surface area contributed by atoms with Crippen LogP contribution in [-0.2, 0) is 0 Å². The third kappa shape index (κ3) is 2.81. The van der Waals surface area contributed by atoms with Crippen LogP contribution in [0.15, 0.2) is 66.7 Å². The van der Waals surface area contributed by atoms with Crippen LogP contribution in [0.1, 0.15) is 45.9 Å². The van der Waals surface area contributed by atoms with Crippen LogP contribution in [0.4, 0.5) is 5.69 Å². The van der Waals surface area contributed by atoms with Crippen LogP contribution in [0.5, 0.6) is 0 Å². The molecule has 1 aliphatic heterocycles. The van der Waals surface area contributed by atoms with Crippen LogP contribution in [-0.4, -0.2) is 10.9 Å². The quantitative estimate of drug-likeness (QED) is 0.467. The van der Waals surface area contributed by atoms with E-state index >= 15 is 0 Å². The molecule has 2 aromatic carbocycles. The standard InChI is InChI=1S/C24H19N3OS/c28-23-21-20(26-22(27-23)16-9-5-2-6-10-16)19-17(14-7-3-1-4-8-14)13-18(15-11-12-15)25-24(19)29-21/h1-10,13,15,22,26H,11-12H2,(H,27,28). The van der Waals surface area contributed by atoms with Crippen molar-refractivity contribution in [3.8, 4) is 11.1 Å². The van der Waals surface area contributed by atoms with Gasteiger partial charge in [-0.3, -0.25) is 4.79 Å². The Morgan fingerprint density at radius 3 is 2.38 bits per heavy atom. The number of carbonyl (C=O) groups is 1. The lowest BCUT2D eigenvalue weighted by Crippen LogP contribution is -2.37. The summed E-state index contributed by atoms with van der Waals surface area (Å²) in [6, 6.07) is 22.7. The molecule has 1 aliphatic carbocycles. The van der Waals surface area contributed by atoms with Crippen LogP contribution < -0.4 is 10.6 Å². The first-order valence-corrected chi connectivity index (χ1v) is 10.7. The number of benzene rings is 2. The minimum absolute atomic E-state index is 0.0393. The van der Waals surface area contributed by atoms with Gasteiger partial charge in [0.05, 0.1) is 5.69 Å². The summed E-state index contributed by atoms with van der Waals surface area (Å²) in [5.41, 5.74) is 5.40. The Morgan fingerprint density at radius 1 is 0.931 bits per heavy atom. The van der Waals surface area contributed by atoms with E-state index in [0.29, 0.717) is 10.8 Å². The summed E-state index contributed by atoms with van der Waals surface area (Å²) in [4.78, 5) is 19.6. The van der Waals surface area contributed by atoms with Gasteiger partial charge in [0, 0.05) is 17.0 Å². The highest BCUT2D eigenvalue weighted by Gasteiger charge is 2.32. The normalized spacial score (nSPS) is 18.2. The lowest BCUT2D eigenvalue weighted by Gasteiger charge is -2.26. The van der Waals surface area contributed by atoms with Gasteiger partial charge in [-0.2, -0.15) is 0 Å². The fraction of sp³-hybridized carbons (Fsp3) is 0.167. The Balaban J connectivity index is 1.57. The summed E-state index contributed by atoms with van der Waals surface area (Å²) < 4.78 is 0. The number of nitrogens with one attached hydrogen (secondary N) is 2. The Morgan fingerprint density at radius 2 is 1.66 bits per heavy atom. The van der Waals surface area contributed by atoms with E-state index in [2.05, 4.69) is 41.0 Å². The third-order valence-corrected chi connectivity index (χ3v) is 6.75. The fourth-order valence-corrected chi connectivity index (χ4v) is 5.11. The topological polar surface area (TPSA) is 54.0 Å². The molecule has 1 amide bonds. The number of nitrogens with zero attached hydrogens (tertiary/aromatic N) is 1. The van der Waals surface area contributed by atoms with Crippen molar-refractivity contribution in [3.63, 3.8) is 0 Å². The maximum Gasteiger partial charge on any atom is 0.265 e. The van der Waals surface area contributed by atoms with Gasteiger partial charge in [-0.05, 0) is 35.6 Å². The Kier molecular flexibility index (Phi) is 3.71. The average Bonchev–Trinajstić information content (AvgIpc) is 3.55. The molecule has 0 spiro atoms. The van der Waals surface area contributed by atoms with Crippen molar-refractivity contribution in [2.24, 2.45) is 0 Å². The summed E-state index contributed by atoms with van der Waals surface area (Å²) >= 11 is 1.49.